The molecule has 1 aromatic heterocycles. The summed E-state index contributed by atoms with van der Waals surface area (Å²) in [6.07, 6.45) is -0.239. The summed E-state index contributed by atoms with van der Waals surface area (Å²) < 4.78 is 13.2. The second-order valence-electron chi connectivity index (χ2n) is 4.96. The van der Waals surface area contributed by atoms with Crippen molar-refractivity contribution in [2.24, 2.45) is 7.05 Å². The molecule has 2 saturated heterocycles. The lowest BCUT2D eigenvalue weighted by Gasteiger charge is -2.15. The minimum atomic E-state index is -0.606. The third kappa shape index (κ3) is 2.06. The third-order valence-corrected chi connectivity index (χ3v) is 3.54. The van der Waals surface area contributed by atoms with Crippen molar-refractivity contribution >= 4 is 0 Å². The first-order valence-electron chi connectivity index (χ1n) is 6.16. The van der Waals surface area contributed by atoms with E-state index < -0.39 is 17.1 Å². The van der Waals surface area contributed by atoms with Gasteiger partial charge in [-0.2, -0.15) is 0 Å². The minimum Gasteiger partial charge on any atom is -0.371 e. The van der Waals surface area contributed by atoms with Crippen LogP contribution in [0.2, 0.25) is 0 Å². The molecule has 0 saturated carbocycles. The van der Waals surface area contributed by atoms with Crippen LogP contribution >= 0.6 is 0 Å². The second kappa shape index (κ2) is 4.17. The molecule has 19 heavy (non-hydrogen) atoms. The first-order chi connectivity index (χ1) is 9.00. The van der Waals surface area contributed by atoms with Crippen LogP contribution in [0.5, 0.6) is 0 Å². The Morgan fingerprint density at radius 2 is 1.79 bits per heavy atom. The summed E-state index contributed by atoms with van der Waals surface area (Å²) >= 11 is 0. The van der Waals surface area contributed by atoms with Crippen molar-refractivity contribution < 1.29 is 9.47 Å². The van der Waals surface area contributed by atoms with Crippen LogP contribution in [0.15, 0.2) is 14.4 Å². The van der Waals surface area contributed by atoms with Crippen molar-refractivity contribution in [2.45, 2.75) is 31.7 Å². The lowest BCUT2D eigenvalue weighted by molar-refractivity contribution is 0.307. The highest BCUT2D eigenvalue weighted by Gasteiger charge is 2.34. The molecule has 0 aromatic carbocycles. The highest BCUT2D eigenvalue weighted by atomic mass is 16.6. The van der Waals surface area contributed by atoms with E-state index in [2.05, 4.69) is 0 Å². The molecule has 104 valence electrons. The molecule has 3 unspecified atom stereocenters. The molecule has 0 N–H and O–H groups in total. The van der Waals surface area contributed by atoms with Gasteiger partial charge in [0.15, 0.2) is 0 Å². The Hall–Kier alpha value is -1.67. The lowest BCUT2D eigenvalue weighted by atomic mass is 10.2. The molecular formula is C11H15N3O5. The average Bonchev–Trinajstić information content (AvgIpc) is 3.25. The summed E-state index contributed by atoms with van der Waals surface area (Å²) in [6.45, 7) is 2.99. The summed E-state index contributed by atoms with van der Waals surface area (Å²) in [6, 6.07) is -0.377. The van der Waals surface area contributed by atoms with Gasteiger partial charge in [0, 0.05) is 7.05 Å². The topological polar surface area (TPSA) is 91.1 Å². The molecule has 0 spiro atoms. The fourth-order valence-corrected chi connectivity index (χ4v) is 2.10. The van der Waals surface area contributed by atoms with Gasteiger partial charge in [0.05, 0.1) is 31.9 Å². The molecule has 2 fully saturated rings. The molecule has 0 radical (unpaired) electrons. The van der Waals surface area contributed by atoms with Crippen LogP contribution in [0.25, 0.3) is 0 Å². The first kappa shape index (κ1) is 12.4. The molecule has 0 aliphatic carbocycles. The molecule has 8 nitrogen and oxygen atoms in total. The summed E-state index contributed by atoms with van der Waals surface area (Å²) in [4.78, 5) is 36.3. The Kier molecular flexibility index (Phi) is 2.72. The van der Waals surface area contributed by atoms with Gasteiger partial charge in [0.2, 0.25) is 0 Å². The zero-order chi connectivity index (χ0) is 13.7. The van der Waals surface area contributed by atoms with Crippen molar-refractivity contribution in [3.8, 4) is 0 Å². The molecule has 0 amide bonds. The number of rotatable bonds is 4. The van der Waals surface area contributed by atoms with Crippen LogP contribution in [0.1, 0.15) is 13.0 Å². The third-order valence-electron chi connectivity index (χ3n) is 3.54. The van der Waals surface area contributed by atoms with E-state index in [9.17, 15) is 14.4 Å². The van der Waals surface area contributed by atoms with Gasteiger partial charge in [-0.15, -0.1) is 0 Å². The summed E-state index contributed by atoms with van der Waals surface area (Å²) in [7, 11) is 1.37. The maximum atomic E-state index is 12.3. The highest BCUT2D eigenvalue weighted by Crippen LogP contribution is 2.21. The van der Waals surface area contributed by atoms with E-state index in [1.54, 1.807) is 6.92 Å². The largest absolute Gasteiger partial charge is 0.371 e. The SMILES string of the molecule is CC(C1CO1)n1c(=O)n(C)c(=O)n(CC2CO2)c1=O. The van der Waals surface area contributed by atoms with Gasteiger partial charge in [-0.25, -0.2) is 28.1 Å². The lowest BCUT2D eigenvalue weighted by Crippen LogP contribution is -2.55. The number of ether oxygens (including phenoxy) is 2. The zero-order valence-corrected chi connectivity index (χ0v) is 10.7. The van der Waals surface area contributed by atoms with Crippen molar-refractivity contribution in [1.82, 2.24) is 13.7 Å². The number of hydrogen-bond donors (Lipinski definition) is 0. The van der Waals surface area contributed by atoms with E-state index in [1.165, 1.54) is 7.05 Å². The van der Waals surface area contributed by atoms with Crippen LogP contribution in [-0.2, 0) is 23.1 Å². The smallest absolute Gasteiger partial charge is 0.336 e. The molecule has 3 heterocycles. The molecule has 2 aliphatic rings. The van der Waals surface area contributed by atoms with E-state index in [0.29, 0.717) is 13.2 Å². The quantitative estimate of drug-likeness (QED) is 0.593. The average molecular weight is 269 g/mol. The molecule has 8 heteroatoms. The predicted molar refractivity (Wildman–Crippen MR) is 64.4 cm³/mol. The maximum absolute atomic E-state index is 12.3. The van der Waals surface area contributed by atoms with Crippen LogP contribution in [0, 0.1) is 0 Å². The standard InChI is InChI=1S/C11H15N3O5/c1-6(8-5-19-8)14-10(16)12(2)9(15)13(11(14)17)3-7-4-18-7/h6-8H,3-5H2,1-2H3. The number of nitrogens with zero attached hydrogens (tertiary/aromatic N) is 3. The fraction of sp³-hybridized carbons (Fsp3) is 0.727. The van der Waals surface area contributed by atoms with Gasteiger partial charge >= 0.3 is 17.1 Å². The van der Waals surface area contributed by atoms with Crippen molar-refractivity contribution in [2.75, 3.05) is 13.2 Å². The molecule has 3 atom stereocenters. The van der Waals surface area contributed by atoms with Gasteiger partial charge in [-0.3, -0.25) is 0 Å². The van der Waals surface area contributed by atoms with Crippen molar-refractivity contribution in [1.29, 1.82) is 0 Å². The Balaban J connectivity index is 2.16. The Morgan fingerprint density at radius 1 is 1.16 bits per heavy atom. The van der Waals surface area contributed by atoms with Gasteiger partial charge in [0.1, 0.15) is 6.10 Å². The van der Waals surface area contributed by atoms with Gasteiger partial charge < -0.3 is 9.47 Å². The molecule has 2 aliphatic heterocycles. The first-order valence-corrected chi connectivity index (χ1v) is 6.16. The van der Waals surface area contributed by atoms with Crippen molar-refractivity contribution in [3.63, 3.8) is 0 Å². The Morgan fingerprint density at radius 3 is 2.32 bits per heavy atom. The minimum absolute atomic E-state index is 0.108. The van der Waals surface area contributed by atoms with E-state index in [1.807, 2.05) is 0 Å². The maximum Gasteiger partial charge on any atom is 0.336 e. The monoisotopic (exact) mass is 269 g/mol. The van der Waals surface area contributed by atoms with Crippen LogP contribution in [0.3, 0.4) is 0 Å². The summed E-state index contributed by atoms with van der Waals surface area (Å²) in [5, 5.41) is 0. The summed E-state index contributed by atoms with van der Waals surface area (Å²) in [5.41, 5.74) is -1.80. The molecule has 1 aromatic rings. The predicted octanol–water partition coefficient (Wildman–Crippen LogP) is -1.93. The van der Waals surface area contributed by atoms with E-state index in [4.69, 9.17) is 9.47 Å². The normalized spacial score (nSPS) is 26.2. The zero-order valence-electron chi connectivity index (χ0n) is 10.7. The van der Waals surface area contributed by atoms with Crippen molar-refractivity contribution in [3.05, 3.63) is 31.5 Å². The number of aromatic nitrogens is 3. The number of hydrogen-bond acceptors (Lipinski definition) is 5. The van der Waals surface area contributed by atoms with E-state index >= 15 is 0 Å². The second-order valence-corrected chi connectivity index (χ2v) is 4.96. The van der Waals surface area contributed by atoms with Crippen LogP contribution in [0.4, 0.5) is 0 Å². The van der Waals surface area contributed by atoms with Crippen LogP contribution in [-0.4, -0.2) is 39.1 Å². The Labute approximate surface area is 107 Å². The van der Waals surface area contributed by atoms with Crippen LogP contribution < -0.4 is 17.1 Å². The Bertz CT molecular complexity index is 677. The molecule has 0 bridgehead atoms. The fourth-order valence-electron chi connectivity index (χ4n) is 2.10. The molecular weight excluding hydrogens is 254 g/mol. The molecule has 3 rings (SSSR count). The van der Waals surface area contributed by atoms with E-state index in [0.717, 1.165) is 13.7 Å². The number of epoxide rings is 2. The van der Waals surface area contributed by atoms with Gasteiger partial charge in [0.25, 0.3) is 0 Å². The van der Waals surface area contributed by atoms with Gasteiger partial charge in [-0.05, 0) is 6.92 Å². The van der Waals surface area contributed by atoms with Gasteiger partial charge in [-0.1, -0.05) is 0 Å². The highest BCUT2D eigenvalue weighted by molar-refractivity contribution is 4.88. The summed E-state index contributed by atoms with van der Waals surface area (Å²) in [5.74, 6) is 0. The van der Waals surface area contributed by atoms with E-state index in [-0.39, 0.29) is 24.8 Å².